The number of hydrogen-bond acceptors (Lipinski definition) is 4. The molecule has 1 atom stereocenters. The summed E-state index contributed by atoms with van der Waals surface area (Å²) in [5.74, 6) is -1.64. The second-order valence-electron chi connectivity index (χ2n) is 6.39. The van der Waals surface area contributed by atoms with Crippen molar-refractivity contribution in [2.24, 2.45) is 5.92 Å². The Hall–Kier alpha value is -2.41. The third-order valence-electron chi connectivity index (χ3n) is 4.31. The Bertz CT molecular complexity index is 627. The van der Waals surface area contributed by atoms with Crippen LogP contribution in [0.3, 0.4) is 0 Å². The predicted molar refractivity (Wildman–Crippen MR) is 95.0 cm³/mol. The van der Waals surface area contributed by atoms with Gasteiger partial charge in [-0.15, -0.1) is 0 Å². The van der Waals surface area contributed by atoms with Gasteiger partial charge in [0.1, 0.15) is 0 Å². The van der Waals surface area contributed by atoms with Crippen LogP contribution in [0.25, 0.3) is 0 Å². The summed E-state index contributed by atoms with van der Waals surface area (Å²) in [4.78, 5) is 34.9. The lowest BCUT2D eigenvalue weighted by Crippen LogP contribution is -2.42. The molecule has 0 bridgehead atoms. The number of hydrogen-bond donors (Lipinski definition) is 4. The van der Waals surface area contributed by atoms with Gasteiger partial charge in [0.05, 0.1) is 6.10 Å². The maximum atomic E-state index is 11.9. The van der Waals surface area contributed by atoms with Gasteiger partial charge in [-0.3, -0.25) is 14.4 Å². The van der Waals surface area contributed by atoms with Crippen LogP contribution in [0.15, 0.2) is 24.3 Å². The molecular weight excluding hydrogens is 322 g/mol. The summed E-state index contributed by atoms with van der Waals surface area (Å²) < 4.78 is 0. The Balaban J connectivity index is 1.81. The average molecular weight is 347 g/mol. The van der Waals surface area contributed by atoms with Crippen LogP contribution in [0.4, 0.5) is 11.4 Å². The maximum Gasteiger partial charge on any atom is 0.313 e. The lowest BCUT2D eigenvalue weighted by molar-refractivity contribution is -0.136. The van der Waals surface area contributed by atoms with E-state index >= 15 is 0 Å². The standard InChI is InChI=1S/C18H25N3O4/c1-12(22)20-14-8-5-9-15(10-14)21-18(25)17(24)19-11-16(23)13-6-3-2-4-7-13/h5,8-10,13,16,23H,2-4,6-7,11H2,1H3,(H,19,24)(H,20,22)(H,21,25)/t16-/m0/s1. The number of aliphatic hydroxyl groups excluding tert-OH is 1. The molecule has 0 spiro atoms. The van der Waals surface area contributed by atoms with Crippen molar-refractivity contribution < 1.29 is 19.5 Å². The Labute approximate surface area is 147 Å². The van der Waals surface area contributed by atoms with Crippen molar-refractivity contribution in [2.45, 2.75) is 45.1 Å². The smallest absolute Gasteiger partial charge is 0.313 e. The van der Waals surface area contributed by atoms with Crippen LogP contribution in [0, 0.1) is 5.92 Å². The van der Waals surface area contributed by atoms with Gasteiger partial charge in [0.25, 0.3) is 0 Å². The van der Waals surface area contributed by atoms with E-state index in [1.54, 1.807) is 24.3 Å². The van der Waals surface area contributed by atoms with Gasteiger partial charge in [-0.05, 0) is 37.0 Å². The van der Waals surface area contributed by atoms with Crippen molar-refractivity contribution in [3.63, 3.8) is 0 Å². The van der Waals surface area contributed by atoms with Gasteiger partial charge in [0, 0.05) is 24.8 Å². The topological polar surface area (TPSA) is 108 Å². The molecule has 1 aromatic rings. The Morgan fingerprint density at radius 3 is 2.36 bits per heavy atom. The van der Waals surface area contributed by atoms with Crippen LogP contribution in [-0.2, 0) is 14.4 Å². The van der Waals surface area contributed by atoms with Crippen molar-refractivity contribution in [2.75, 3.05) is 17.2 Å². The number of nitrogens with one attached hydrogen (secondary N) is 3. The monoisotopic (exact) mass is 347 g/mol. The van der Waals surface area contributed by atoms with Crippen LogP contribution < -0.4 is 16.0 Å². The van der Waals surface area contributed by atoms with E-state index < -0.39 is 17.9 Å². The lowest BCUT2D eigenvalue weighted by Gasteiger charge is -2.26. The van der Waals surface area contributed by atoms with Crippen LogP contribution in [0.2, 0.25) is 0 Å². The zero-order chi connectivity index (χ0) is 18.2. The molecule has 4 N–H and O–H groups in total. The van der Waals surface area contributed by atoms with Gasteiger partial charge < -0.3 is 21.1 Å². The molecule has 1 aliphatic rings. The first kappa shape index (κ1) is 18.9. The van der Waals surface area contributed by atoms with Gasteiger partial charge >= 0.3 is 11.8 Å². The normalized spacial score (nSPS) is 15.9. The van der Waals surface area contributed by atoms with E-state index in [1.165, 1.54) is 13.3 Å². The number of benzene rings is 1. The van der Waals surface area contributed by atoms with E-state index in [4.69, 9.17) is 0 Å². The molecule has 0 aliphatic heterocycles. The summed E-state index contributed by atoms with van der Waals surface area (Å²) in [5, 5.41) is 17.7. The molecule has 0 unspecified atom stereocenters. The number of carbonyl (C=O) groups excluding carboxylic acids is 3. The van der Waals surface area contributed by atoms with Crippen LogP contribution in [0.5, 0.6) is 0 Å². The molecule has 2 rings (SSSR count). The lowest BCUT2D eigenvalue weighted by atomic mass is 9.85. The van der Waals surface area contributed by atoms with Gasteiger partial charge in [-0.25, -0.2) is 0 Å². The van der Waals surface area contributed by atoms with Gasteiger partial charge in [0.2, 0.25) is 5.91 Å². The summed E-state index contributed by atoms with van der Waals surface area (Å²) in [6.45, 7) is 1.46. The number of anilines is 2. The number of aliphatic hydroxyl groups is 1. The summed E-state index contributed by atoms with van der Waals surface area (Å²) in [6, 6.07) is 6.51. The summed E-state index contributed by atoms with van der Waals surface area (Å²) in [5.41, 5.74) is 0.928. The first-order valence-corrected chi connectivity index (χ1v) is 8.60. The molecule has 0 aromatic heterocycles. The van der Waals surface area contributed by atoms with E-state index in [-0.39, 0.29) is 18.4 Å². The number of carbonyl (C=O) groups is 3. The molecule has 7 nitrogen and oxygen atoms in total. The van der Waals surface area contributed by atoms with E-state index in [2.05, 4.69) is 16.0 Å². The molecule has 0 radical (unpaired) electrons. The fourth-order valence-electron chi connectivity index (χ4n) is 3.03. The number of rotatable bonds is 5. The Morgan fingerprint density at radius 1 is 1.08 bits per heavy atom. The Kier molecular flexibility index (Phi) is 6.94. The molecule has 0 heterocycles. The third-order valence-corrected chi connectivity index (χ3v) is 4.31. The largest absolute Gasteiger partial charge is 0.391 e. The van der Waals surface area contributed by atoms with Gasteiger partial charge in [-0.1, -0.05) is 25.3 Å². The van der Waals surface area contributed by atoms with E-state index in [0.29, 0.717) is 11.4 Å². The average Bonchev–Trinajstić information content (AvgIpc) is 2.59. The summed E-state index contributed by atoms with van der Waals surface area (Å²) in [7, 11) is 0. The van der Waals surface area contributed by atoms with Crippen molar-refractivity contribution in [3.05, 3.63) is 24.3 Å². The minimum atomic E-state index is -0.809. The molecule has 136 valence electrons. The molecule has 0 saturated heterocycles. The molecule has 3 amide bonds. The second kappa shape index (κ2) is 9.17. The maximum absolute atomic E-state index is 11.9. The molecule has 7 heteroatoms. The highest BCUT2D eigenvalue weighted by Crippen LogP contribution is 2.26. The van der Waals surface area contributed by atoms with Crippen LogP contribution >= 0.6 is 0 Å². The minimum Gasteiger partial charge on any atom is -0.391 e. The molecule has 1 aliphatic carbocycles. The molecule has 1 aromatic carbocycles. The fourth-order valence-corrected chi connectivity index (χ4v) is 3.03. The van der Waals surface area contributed by atoms with Gasteiger partial charge in [-0.2, -0.15) is 0 Å². The van der Waals surface area contributed by atoms with E-state index in [0.717, 1.165) is 25.7 Å². The van der Waals surface area contributed by atoms with E-state index in [9.17, 15) is 19.5 Å². The zero-order valence-electron chi connectivity index (χ0n) is 14.4. The zero-order valence-corrected chi connectivity index (χ0v) is 14.4. The molecule has 1 saturated carbocycles. The van der Waals surface area contributed by atoms with E-state index in [1.807, 2.05) is 0 Å². The van der Waals surface area contributed by atoms with Crippen molar-refractivity contribution in [1.29, 1.82) is 0 Å². The first-order chi connectivity index (χ1) is 12.0. The predicted octanol–water partition coefficient (Wildman–Crippen LogP) is 1.64. The van der Waals surface area contributed by atoms with Crippen LogP contribution in [0.1, 0.15) is 39.0 Å². The summed E-state index contributed by atoms with van der Waals surface area (Å²) in [6.07, 6.45) is 4.68. The summed E-state index contributed by atoms with van der Waals surface area (Å²) >= 11 is 0. The highest BCUT2D eigenvalue weighted by atomic mass is 16.3. The quantitative estimate of drug-likeness (QED) is 0.607. The SMILES string of the molecule is CC(=O)Nc1cccc(NC(=O)C(=O)NC[C@H](O)C2CCCCC2)c1. The highest BCUT2D eigenvalue weighted by molar-refractivity contribution is 6.39. The van der Waals surface area contributed by atoms with Crippen molar-refractivity contribution in [1.82, 2.24) is 5.32 Å². The second-order valence-corrected chi connectivity index (χ2v) is 6.39. The molecule has 1 fully saturated rings. The van der Waals surface area contributed by atoms with Gasteiger partial charge in [0.15, 0.2) is 0 Å². The Morgan fingerprint density at radius 2 is 1.72 bits per heavy atom. The van der Waals surface area contributed by atoms with Crippen LogP contribution in [-0.4, -0.2) is 35.5 Å². The van der Waals surface area contributed by atoms with Crippen molar-refractivity contribution >= 4 is 29.1 Å². The minimum absolute atomic E-state index is 0.0723. The highest BCUT2D eigenvalue weighted by Gasteiger charge is 2.23. The fraction of sp³-hybridized carbons (Fsp3) is 0.500. The molecule has 25 heavy (non-hydrogen) atoms. The third kappa shape index (κ3) is 6.19. The van der Waals surface area contributed by atoms with Crippen molar-refractivity contribution in [3.8, 4) is 0 Å². The number of amides is 3. The molecular formula is C18H25N3O4. The first-order valence-electron chi connectivity index (χ1n) is 8.60.